The van der Waals surface area contributed by atoms with Crippen LogP contribution in [-0.2, 0) is 0 Å². The van der Waals surface area contributed by atoms with Gasteiger partial charge in [0.2, 0.25) is 0 Å². The van der Waals surface area contributed by atoms with E-state index in [2.05, 4.69) is 102 Å². The predicted molar refractivity (Wildman–Crippen MR) is 139 cm³/mol. The molecule has 32 heavy (non-hydrogen) atoms. The molecule has 2 aromatic carbocycles. The number of nitrogens with zero attached hydrogens (tertiary/aromatic N) is 2. The van der Waals surface area contributed by atoms with Crippen LogP contribution in [0.3, 0.4) is 0 Å². The molecule has 0 fully saturated rings. The number of fused-ring (bicyclic) bond motifs is 3. The third-order valence-corrected chi connectivity index (χ3v) is 5.91. The molecule has 0 saturated carbocycles. The number of benzene rings is 2. The lowest BCUT2D eigenvalue weighted by Gasteiger charge is -2.17. The van der Waals surface area contributed by atoms with Crippen molar-refractivity contribution in [3.63, 3.8) is 0 Å². The second kappa shape index (κ2) is 9.08. The first-order chi connectivity index (χ1) is 15.4. The summed E-state index contributed by atoms with van der Waals surface area (Å²) in [6, 6.07) is 19.4. The Kier molecular flexibility index (Phi) is 6.23. The second-order valence-electron chi connectivity index (χ2n) is 9.23. The molecule has 2 aromatic heterocycles. The van der Waals surface area contributed by atoms with Crippen molar-refractivity contribution in [2.75, 3.05) is 0 Å². The summed E-state index contributed by atoms with van der Waals surface area (Å²) in [4.78, 5) is 9.96. The van der Waals surface area contributed by atoms with E-state index in [-0.39, 0.29) is 0 Å². The van der Waals surface area contributed by atoms with Crippen LogP contribution in [0.5, 0.6) is 0 Å². The molecule has 1 atom stereocenters. The van der Waals surface area contributed by atoms with Gasteiger partial charge in [0.1, 0.15) is 0 Å². The average Bonchev–Trinajstić information content (AvgIpc) is 2.77. The van der Waals surface area contributed by atoms with E-state index in [9.17, 15) is 0 Å². The molecule has 4 aromatic rings. The van der Waals surface area contributed by atoms with Crippen LogP contribution < -0.4 is 0 Å². The third kappa shape index (κ3) is 4.36. The first-order valence-electron chi connectivity index (χ1n) is 11.5. The zero-order valence-corrected chi connectivity index (χ0v) is 19.8. The van der Waals surface area contributed by atoms with Crippen LogP contribution in [-0.4, -0.2) is 9.97 Å². The van der Waals surface area contributed by atoms with Gasteiger partial charge in [0, 0.05) is 22.2 Å². The molecule has 0 N–H and O–H groups in total. The zero-order chi connectivity index (χ0) is 22.8. The van der Waals surface area contributed by atoms with Crippen LogP contribution in [0.15, 0.2) is 73.3 Å². The van der Waals surface area contributed by atoms with Crippen LogP contribution in [0.25, 0.3) is 38.5 Å². The van der Waals surface area contributed by atoms with E-state index in [1.54, 1.807) is 0 Å². The molecule has 2 nitrogen and oxygen atoms in total. The van der Waals surface area contributed by atoms with E-state index in [1.807, 2.05) is 6.08 Å². The molecular weight excluding hydrogens is 388 g/mol. The number of pyridine rings is 2. The van der Waals surface area contributed by atoms with Crippen LogP contribution in [0.2, 0.25) is 0 Å². The highest BCUT2D eigenvalue weighted by Gasteiger charge is 2.16. The normalized spacial score (nSPS) is 13.1. The molecule has 0 radical (unpaired) electrons. The Morgan fingerprint density at radius 1 is 0.875 bits per heavy atom. The fraction of sp³-hybridized carbons (Fsp3) is 0.267. The lowest BCUT2D eigenvalue weighted by atomic mass is 9.90. The van der Waals surface area contributed by atoms with Crippen molar-refractivity contribution in [2.45, 2.75) is 41.0 Å². The number of allylic oxidation sites excluding steroid dienone is 3. The van der Waals surface area contributed by atoms with E-state index >= 15 is 0 Å². The van der Waals surface area contributed by atoms with Crippen molar-refractivity contribution in [3.8, 4) is 11.1 Å². The van der Waals surface area contributed by atoms with Gasteiger partial charge in [-0.25, -0.2) is 0 Å². The minimum absolute atomic E-state index is 0.317. The maximum absolute atomic E-state index is 4.99. The highest BCUT2D eigenvalue weighted by atomic mass is 14.8. The Labute approximate surface area is 191 Å². The van der Waals surface area contributed by atoms with Gasteiger partial charge in [0.25, 0.3) is 0 Å². The number of hydrogen-bond donors (Lipinski definition) is 0. The second-order valence-corrected chi connectivity index (χ2v) is 9.23. The smallest absolute Gasteiger partial charge is 0.0974 e. The van der Waals surface area contributed by atoms with Gasteiger partial charge in [-0.2, -0.15) is 0 Å². The Morgan fingerprint density at radius 3 is 2.16 bits per heavy atom. The van der Waals surface area contributed by atoms with Crippen molar-refractivity contribution >= 4 is 27.4 Å². The number of aryl methyl sites for hydroxylation is 2. The first kappa shape index (κ1) is 22.0. The summed E-state index contributed by atoms with van der Waals surface area (Å²) in [6.07, 6.45) is 5.37. The number of aromatic nitrogens is 2. The van der Waals surface area contributed by atoms with Gasteiger partial charge in [-0.15, -0.1) is 6.58 Å². The molecule has 0 amide bonds. The Balaban J connectivity index is 2.04. The summed E-state index contributed by atoms with van der Waals surface area (Å²) in [5.41, 5.74) is 9.02. The molecule has 0 aliphatic rings. The third-order valence-electron chi connectivity index (χ3n) is 5.91. The molecule has 0 bridgehead atoms. The SMILES string of the molecule is C=C[C@H](C)/C=C(\CC(C)C)c1cc(C)nc2c1ccc1c(-c3ccccc3)cc(C)nc12. The van der Waals surface area contributed by atoms with E-state index in [0.29, 0.717) is 11.8 Å². The summed E-state index contributed by atoms with van der Waals surface area (Å²) >= 11 is 0. The maximum atomic E-state index is 4.99. The summed E-state index contributed by atoms with van der Waals surface area (Å²) in [7, 11) is 0. The Hall–Kier alpha value is -3.26. The molecule has 0 unspecified atom stereocenters. The van der Waals surface area contributed by atoms with Gasteiger partial charge in [-0.1, -0.05) is 75.4 Å². The molecule has 162 valence electrons. The summed E-state index contributed by atoms with van der Waals surface area (Å²) in [5.74, 6) is 0.880. The fourth-order valence-corrected chi connectivity index (χ4v) is 4.45. The summed E-state index contributed by atoms with van der Waals surface area (Å²) in [6.45, 7) is 14.9. The minimum Gasteiger partial charge on any atom is -0.251 e. The van der Waals surface area contributed by atoms with Crippen molar-refractivity contribution in [3.05, 3.63) is 90.3 Å². The molecule has 2 heterocycles. The quantitative estimate of drug-likeness (QED) is 0.231. The van der Waals surface area contributed by atoms with E-state index < -0.39 is 0 Å². The predicted octanol–water partition coefficient (Wildman–Crippen LogP) is 8.32. The molecule has 0 spiro atoms. The van der Waals surface area contributed by atoms with Gasteiger partial charge in [0.15, 0.2) is 0 Å². The number of hydrogen-bond acceptors (Lipinski definition) is 2. The zero-order valence-electron chi connectivity index (χ0n) is 19.8. The molecule has 0 saturated heterocycles. The molecular formula is C30H32N2. The summed E-state index contributed by atoms with van der Waals surface area (Å²) in [5, 5.41) is 2.32. The monoisotopic (exact) mass is 420 g/mol. The van der Waals surface area contributed by atoms with E-state index in [4.69, 9.17) is 9.97 Å². The molecule has 0 aliphatic heterocycles. The fourth-order valence-electron chi connectivity index (χ4n) is 4.45. The highest BCUT2D eigenvalue weighted by molar-refractivity contribution is 6.10. The number of rotatable bonds is 6. The van der Waals surface area contributed by atoms with Crippen LogP contribution in [0, 0.1) is 25.7 Å². The minimum atomic E-state index is 0.317. The average molecular weight is 421 g/mol. The van der Waals surface area contributed by atoms with Crippen molar-refractivity contribution in [1.29, 1.82) is 0 Å². The maximum Gasteiger partial charge on any atom is 0.0974 e. The van der Waals surface area contributed by atoms with Gasteiger partial charge in [0.05, 0.1) is 11.0 Å². The Bertz CT molecular complexity index is 1310. The first-order valence-corrected chi connectivity index (χ1v) is 11.5. The standard InChI is InChI=1S/C30H32N2/c1-7-20(4)16-24(15-19(2)3)28-18-22(6)32-30-26(28)14-13-25-27(17-21(5)31-29(25)30)23-11-9-8-10-12-23/h7-14,16-20H,1,15H2,2-6H3/b24-16+/t20-/m0/s1. The molecule has 4 rings (SSSR count). The Morgan fingerprint density at radius 2 is 1.50 bits per heavy atom. The van der Waals surface area contributed by atoms with Crippen LogP contribution >= 0.6 is 0 Å². The largest absolute Gasteiger partial charge is 0.251 e. The van der Waals surface area contributed by atoms with Gasteiger partial charge in [-0.05, 0) is 66.5 Å². The highest BCUT2D eigenvalue weighted by Crippen LogP contribution is 2.36. The van der Waals surface area contributed by atoms with Crippen molar-refractivity contribution in [2.24, 2.45) is 11.8 Å². The van der Waals surface area contributed by atoms with Gasteiger partial charge in [-0.3, -0.25) is 9.97 Å². The lowest BCUT2D eigenvalue weighted by molar-refractivity contribution is 0.671. The van der Waals surface area contributed by atoms with E-state index in [0.717, 1.165) is 34.2 Å². The topological polar surface area (TPSA) is 25.8 Å². The lowest BCUT2D eigenvalue weighted by Crippen LogP contribution is -1.99. The van der Waals surface area contributed by atoms with Crippen molar-refractivity contribution < 1.29 is 0 Å². The van der Waals surface area contributed by atoms with Crippen molar-refractivity contribution in [1.82, 2.24) is 9.97 Å². The van der Waals surface area contributed by atoms with Crippen LogP contribution in [0.4, 0.5) is 0 Å². The molecule has 0 aliphatic carbocycles. The van der Waals surface area contributed by atoms with Gasteiger partial charge < -0.3 is 0 Å². The van der Waals surface area contributed by atoms with Crippen LogP contribution in [0.1, 0.15) is 44.1 Å². The van der Waals surface area contributed by atoms with Gasteiger partial charge >= 0.3 is 0 Å². The molecule has 2 heteroatoms. The van der Waals surface area contributed by atoms with E-state index in [1.165, 1.54) is 27.6 Å². The summed E-state index contributed by atoms with van der Waals surface area (Å²) < 4.78 is 0.